The fourth-order valence-electron chi connectivity index (χ4n) is 1.17. The van der Waals surface area contributed by atoms with Crippen LogP contribution in [0.3, 0.4) is 0 Å². The molecule has 0 bridgehead atoms. The number of nitrogens with zero attached hydrogens (tertiary/aromatic N) is 2. The maximum Gasteiger partial charge on any atom is 0.156 e. The van der Waals surface area contributed by atoms with Gasteiger partial charge in [-0.25, -0.2) is 9.97 Å². The van der Waals surface area contributed by atoms with E-state index in [1.165, 1.54) is 0 Å². The van der Waals surface area contributed by atoms with E-state index in [1.807, 2.05) is 6.07 Å². The van der Waals surface area contributed by atoms with Gasteiger partial charge in [0.05, 0.1) is 5.52 Å². The Morgan fingerprint density at radius 3 is 3.15 bits per heavy atom. The molecule has 0 atom stereocenters. The van der Waals surface area contributed by atoms with E-state index in [0.29, 0.717) is 17.4 Å². The highest BCUT2D eigenvalue weighted by atomic mass is 35.5. The first kappa shape index (κ1) is 8.26. The number of aromatic amines is 1. The van der Waals surface area contributed by atoms with E-state index in [0.717, 1.165) is 11.0 Å². The molecule has 13 heavy (non-hydrogen) atoms. The van der Waals surface area contributed by atoms with Crippen LogP contribution in [0.4, 0.5) is 0 Å². The number of hydrogen-bond acceptors (Lipinski definition) is 2. The lowest BCUT2D eigenvalue weighted by atomic mass is 10.3. The number of H-pyrrole nitrogens is 1. The van der Waals surface area contributed by atoms with Crippen LogP contribution in [0.1, 0.15) is 5.82 Å². The lowest BCUT2D eigenvalue weighted by Crippen LogP contribution is -1.93. The minimum atomic E-state index is 0.465. The molecule has 2 aromatic rings. The van der Waals surface area contributed by atoms with Gasteiger partial charge in [-0.05, 0) is 6.07 Å². The Kier molecular flexibility index (Phi) is 2.02. The molecule has 1 N–H and O–H groups in total. The molecule has 0 aromatic carbocycles. The van der Waals surface area contributed by atoms with Gasteiger partial charge in [0.1, 0.15) is 11.3 Å². The predicted molar refractivity (Wildman–Crippen MR) is 52.8 cm³/mol. The molecular formula is C9H8ClN3. The van der Waals surface area contributed by atoms with Gasteiger partial charge >= 0.3 is 0 Å². The molecule has 2 heterocycles. The Morgan fingerprint density at radius 1 is 1.54 bits per heavy atom. The van der Waals surface area contributed by atoms with Crippen molar-refractivity contribution in [3.8, 4) is 0 Å². The maximum atomic E-state index is 5.92. The third-order valence-electron chi connectivity index (χ3n) is 1.73. The summed E-state index contributed by atoms with van der Waals surface area (Å²) < 4.78 is 0. The van der Waals surface area contributed by atoms with Crippen LogP contribution < -0.4 is 0 Å². The molecule has 2 rings (SSSR count). The summed E-state index contributed by atoms with van der Waals surface area (Å²) in [4.78, 5) is 11.4. The predicted octanol–water partition coefficient (Wildman–Crippen LogP) is 2.34. The maximum absolute atomic E-state index is 5.92. The van der Waals surface area contributed by atoms with Crippen LogP contribution in [-0.4, -0.2) is 15.0 Å². The standard InChI is InChI=1S/C9H8ClN3/c1-2-3-7-12-6-4-5-11-8(6)9(10)13-7/h2,4-5,11H,1,3H2. The molecule has 4 heteroatoms. The van der Waals surface area contributed by atoms with E-state index in [9.17, 15) is 0 Å². The second kappa shape index (κ2) is 3.18. The quantitative estimate of drug-likeness (QED) is 0.588. The molecule has 0 spiro atoms. The monoisotopic (exact) mass is 193 g/mol. The lowest BCUT2D eigenvalue weighted by molar-refractivity contribution is 1.02. The van der Waals surface area contributed by atoms with Crippen LogP contribution in [0, 0.1) is 0 Å². The average Bonchev–Trinajstić information content (AvgIpc) is 2.53. The van der Waals surface area contributed by atoms with Gasteiger partial charge in [0, 0.05) is 12.6 Å². The number of hydrogen-bond donors (Lipinski definition) is 1. The van der Waals surface area contributed by atoms with Crippen molar-refractivity contribution in [2.24, 2.45) is 0 Å². The minimum absolute atomic E-state index is 0.465. The fourth-order valence-corrected chi connectivity index (χ4v) is 1.42. The van der Waals surface area contributed by atoms with Crippen molar-refractivity contribution in [3.05, 3.63) is 35.9 Å². The van der Waals surface area contributed by atoms with Crippen molar-refractivity contribution in [2.75, 3.05) is 0 Å². The first-order valence-electron chi connectivity index (χ1n) is 3.91. The van der Waals surface area contributed by atoms with Gasteiger partial charge in [-0.3, -0.25) is 0 Å². The molecule has 2 aromatic heterocycles. The number of rotatable bonds is 2. The number of aromatic nitrogens is 3. The Balaban J connectivity index is 2.62. The van der Waals surface area contributed by atoms with Crippen LogP contribution in [0.2, 0.25) is 5.15 Å². The third kappa shape index (κ3) is 1.42. The Hall–Kier alpha value is -1.35. The van der Waals surface area contributed by atoms with E-state index in [1.54, 1.807) is 12.3 Å². The van der Waals surface area contributed by atoms with Crippen molar-refractivity contribution in [2.45, 2.75) is 6.42 Å². The summed E-state index contributed by atoms with van der Waals surface area (Å²) >= 11 is 5.92. The molecule has 0 unspecified atom stereocenters. The van der Waals surface area contributed by atoms with Gasteiger partial charge in [-0.15, -0.1) is 6.58 Å². The van der Waals surface area contributed by atoms with E-state index < -0.39 is 0 Å². The zero-order valence-electron chi connectivity index (χ0n) is 6.92. The summed E-state index contributed by atoms with van der Waals surface area (Å²) in [6.45, 7) is 3.62. The van der Waals surface area contributed by atoms with Gasteiger partial charge in [0.25, 0.3) is 0 Å². The third-order valence-corrected chi connectivity index (χ3v) is 2.01. The Labute approximate surface area is 80.5 Å². The van der Waals surface area contributed by atoms with Crippen LogP contribution in [0.5, 0.6) is 0 Å². The molecule has 0 saturated carbocycles. The molecule has 0 fully saturated rings. The molecule has 0 amide bonds. The minimum Gasteiger partial charge on any atom is -0.357 e. The van der Waals surface area contributed by atoms with Crippen LogP contribution in [-0.2, 0) is 6.42 Å². The van der Waals surface area contributed by atoms with Crippen molar-refractivity contribution in [1.29, 1.82) is 0 Å². The van der Waals surface area contributed by atoms with Crippen molar-refractivity contribution < 1.29 is 0 Å². The average molecular weight is 194 g/mol. The van der Waals surface area contributed by atoms with E-state index in [2.05, 4.69) is 21.5 Å². The number of allylic oxidation sites excluding steroid dienone is 1. The summed E-state index contributed by atoms with van der Waals surface area (Å²) in [6, 6.07) is 1.87. The van der Waals surface area contributed by atoms with Gasteiger partial charge in [-0.2, -0.15) is 0 Å². The fraction of sp³-hybridized carbons (Fsp3) is 0.111. The topological polar surface area (TPSA) is 41.6 Å². The zero-order chi connectivity index (χ0) is 9.26. The highest BCUT2D eigenvalue weighted by molar-refractivity contribution is 6.33. The molecule has 0 aliphatic rings. The molecule has 0 aliphatic heterocycles. The van der Waals surface area contributed by atoms with E-state index in [4.69, 9.17) is 11.6 Å². The summed E-state index contributed by atoms with van der Waals surface area (Å²) in [5.74, 6) is 0.701. The van der Waals surface area contributed by atoms with Gasteiger partial charge in [0.2, 0.25) is 0 Å². The Morgan fingerprint density at radius 2 is 2.38 bits per heavy atom. The summed E-state index contributed by atoms with van der Waals surface area (Å²) in [5, 5.41) is 0.465. The summed E-state index contributed by atoms with van der Waals surface area (Å²) in [7, 11) is 0. The molecule has 0 radical (unpaired) electrons. The molecule has 3 nitrogen and oxygen atoms in total. The highest BCUT2D eigenvalue weighted by Gasteiger charge is 2.04. The number of fused-ring (bicyclic) bond motifs is 1. The Bertz CT molecular complexity index is 447. The molecular weight excluding hydrogens is 186 g/mol. The van der Waals surface area contributed by atoms with Crippen LogP contribution in [0.15, 0.2) is 24.9 Å². The van der Waals surface area contributed by atoms with E-state index in [-0.39, 0.29) is 0 Å². The van der Waals surface area contributed by atoms with E-state index >= 15 is 0 Å². The second-order valence-electron chi connectivity index (χ2n) is 2.66. The van der Waals surface area contributed by atoms with Crippen LogP contribution >= 0.6 is 11.6 Å². The normalized spacial score (nSPS) is 10.5. The zero-order valence-corrected chi connectivity index (χ0v) is 7.67. The smallest absolute Gasteiger partial charge is 0.156 e. The molecule has 0 saturated heterocycles. The highest BCUT2D eigenvalue weighted by Crippen LogP contribution is 2.18. The van der Waals surface area contributed by atoms with Gasteiger partial charge < -0.3 is 4.98 Å². The largest absolute Gasteiger partial charge is 0.357 e. The summed E-state index contributed by atoms with van der Waals surface area (Å²) in [5.41, 5.74) is 1.63. The first-order valence-corrected chi connectivity index (χ1v) is 4.29. The number of halogens is 1. The SMILES string of the molecule is C=CCc1nc(Cl)c2[nH]ccc2n1. The van der Waals surface area contributed by atoms with Crippen molar-refractivity contribution in [1.82, 2.24) is 15.0 Å². The number of nitrogens with one attached hydrogen (secondary N) is 1. The molecule has 66 valence electrons. The van der Waals surface area contributed by atoms with Crippen LogP contribution in [0.25, 0.3) is 11.0 Å². The van der Waals surface area contributed by atoms with Crippen molar-refractivity contribution in [3.63, 3.8) is 0 Å². The lowest BCUT2D eigenvalue weighted by Gasteiger charge is -1.97. The first-order chi connectivity index (χ1) is 6.31. The summed E-state index contributed by atoms with van der Waals surface area (Å²) in [6.07, 6.45) is 4.19. The second-order valence-corrected chi connectivity index (χ2v) is 3.02. The molecule has 0 aliphatic carbocycles. The van der Waals surface area contributed by atoms with Crippen molar-refractivity contribution >= 4 is 22.6 Å². The van der Waals surface area contributed by atoms with Gasteiger partial charge in [0.15, 0.2) is 5.15 Å². The van der Waals surface area contributed by atoms with Gasteiger partial charge in [-0.1, -0.05) is 17.7 Å².